The van der Waals surface area contributed by atoms with E-state index in [0.717, 1.165) is 86.5 Å². The van der Waals surface area contributed by atoms with Gasteiger partial charge in [-0.05, 0) is 84.7 Å². The first-order valence-electron chi connectivity index (χ1n) is 13.4. The van der Waals surface area contributed by atoms with Gasteiger partial charge in [0.15, 0.2) is 0 Å². The fourth-order valence-corrected chi connectivity index (χ4v) is 4.31. The van der Waals surface area contributed by atoms with Crippen LogP contribution >= 0.6 is 7.82 Å². The Morgan fingerprint density at radius 1 is 0.564 bits per heavy atom. The number of aryl methyl sites for hydroxylation is 4. The van der Waals surface area contributed by atoms with Crippen molar-refractivity contribution >= 4 is 7.82 Å². The van der Waals surface area contributed by atoms with Gasteiger partial charge in [0.1, 0.15) is 11.5 Å². The van der Waals surface area contributed by atoms with Gasteiger partial charge in [-0.3, -0.25) is 0 Å². The SMILES string of the molecule is CCCCc1cc(CCCC)c(O)c(Cc2cc(CCCC)cc(CCCC)c2O)c1.O=P([O-])([O-])[O-].[Na+].[Na+].[Na+]. The molecule has 6 nitrogen and oxygen atoms in total. The van der Waals surface area contributed by atoms with E-state index < -0.39 is 7.82 Å². The van der Waals surface area contributed by atoms with Gasteiger partial charge >= 0.3 is 88.7 Å². The molecule has 0 saturated carbocycles. The van der Waals surface area contributed by atoms with E-state index >= 15 is 0 Å². The second-order valence-corrected chi connectivity index (χ2v) is 10.5. The average molecular weight is 589 g/mol. The third-order valence-electron chi connectivity index (χ3n) is 6.27. The molecule has 0 aliphatic rings. The summed E-state index contributed by atoms with van der Waals surface area (Å²) in [6.45, 7) is 8.82. The summed E-state index contributed by atoms with van der Waals surface area (Å²) in [5.74, 6) is 0.865. The molecular formula is C29H44Na3O6P. The Morgan fingerprint density at radius 2 is 0.821 bits per heavy atom. The van der Waals surface area contributed by atoms with Gasteiger partial charge in [-0.2, -0.15) is 7.82 Å². The second kappa shape index (κ2) is 24.6. The molecule has 0 spiro atoms. The molecule has 0 amide bonds. The maximum Gasteiger partial charge on any atom is 1.00 e. The molecule has 204 valence electrons. The fourth-order valence-electron chi connectivity index (χ4n) is 4.31. The minimum atomic E-state index is -5.39. The van der Waals surface area contributed by atoms with Crippen molar-refractivity contribution in [2.45, 2.75) is 111 Å². The topological polar surface area (TPSA) is 127 Å². The third kappa shape index (κ3) is 19.1. The number of benzene rings is 2. The van der Waals surface area contributed by atoms with Crippen LogP contribution in [0.2, 0.25) is 0 Å². The number of phenols is 2. The van der Waals surface area contributed by atoms with Crippen LogP contribution in [-0.4, -0.2) is 10.2 Å². The molecule has 39 heavy (non-hydrogen) atoms. The number of phenolic OH excluding ortho intramolecular Hbond substituents is 2. The predicted octanol–water partition coefficient (Wildman–Crippen LogP) is -3.75. The molecule has 0 saturated heterocycles. The molecule has 0 unspecified atom stereocenters. The molecule has 0 bridgehead atoms. The normalized spacial score (nSPS) is 10.4. The molecule has 0 heterocycles. The number of aromatic hydroxyl groups is 2. The molecule has 0 radical (unpaired) electrons. The standard InChI is InChI=1S/C29H44O2.3Na.H3O4P/c1-5-9-13-22-17-24(15-11-7-3)28(30)26(19-22)21-27-20-23(14-10-6-2)18-25(29(27)31)16-12-8-4;;;;1-5(2,3)4/h17-20,30-31H,5-16,21H2,1-4H3;;;;(H3,1,2,3,4)/q;3*+1;/p-3. The molecule has 0 aromatic heterocycles. The maximum absolute atomic E-state index is 11.1. The molecule has 2 aromatic carbocycles. The molecular weight excluding hydrogens is 544 g/mol. The molecule has 0 atom stereocenters. The van der Waals surface area contributed by atoms with E-state index in [9.17, 15) is 10.2 Å². The number of unbranched alkanes of at least 4 members (excludes halogenated alkanes) is 4. The van der Waals surface area contributed by atoms with Crippen LogP contribution in [0, 0.1) is 0 Å². The zero-order valence-electron chi connectivity index (χ0n) is 25.5. The first kappa shape index (κ1) is 44.6. The predicted molar refractivity (Wildman–Crippen MR) is 141 cm³/mol. The van der Waals surface area contributed by atoms with Crippen molar-refractivity contribution in [1.82, 2.24) is 0 Å². The monoisotopic (exact) mass is 588 g/mol. The van der Waals surface area contributed by atoms with Crippen molar-refractivity contribution < 1.29 is 118 Å². The summed E-state index contributed by atoms with van der Waals surface area (Å²) < 4.78 is 8.55. The van der Waals surface area contributed by atoms with Gasteiger partial charge in [0, 0.05) is 6.42 Å². The van der Waals surface area contributed by atoms with Gasteiger partial charge in [0.25, 0.3) is 0 Å². The zero-order valence-corrected chi connectivity index (χ0v) is 32.4. The Morgan fingerprint density at radius 3 is 1.10 bits per heavy atom. The molecule has 10 heteroatoms. The minimum absolute atomic E-state index is 0. The summed E-state index contributed by atoms with van der Waals surface area (Å²) in [6, 6.07) is 8.75. The Kier molecular flexibility index (Phi) is 28.1. The van der Waals surface area contributed by atoms with Gasteiger partial charge in [-0.25, -0.2) is 0 Å². The Labute approximate surface area is 302 Å². The van der Waals surface area contributed by atoms with Gasteiger partial charge in [-0.1, -0.05) is 77.6 Å². The molecule has 0 aliphatic carbocycles. The minimum Gasteiger partial charge on any atom is -0.822 e. The number of phosphoric acid groups is 1. The summed E-state index contributed by atoms with van der Waals surface area (Å²) in [6.07, 6.45) is 13.6. The van der Waals surface area contributed by atoms with Crippen LogP contribution in [0.25, 0.3) is 0 Å². The van der Waals surface area contributed by atoms with Crippen LogP contribution in [0.1, 0.15) is 112 Å². The maximum atomic E-state index is 11.1. The Bertz CT molecular complexity index is 906. The number of hydrogen-bond donors (Lipinski definition) is 2. The van der Waals surface area contributed by atoms with Crippen LogP contribution in [0.4, 0.5) is 0 Å². The third-order valence-corrected chi connectivity index (χ3v) is 6.27. The van der Waals surface area contributed by atoms with E-state index in [0.29, 0.717) is 17.9 Å². The summed E-state index contributed by atoms with van der Waals surface area (Å²) in [4.78, 5) is 25.6. The van der Waals surface area contributed by atoms with Crippen molar-refractivity contribution in [3.8, 4) is 11.5 Å². The van der Waals surface area contributed by atoms with E-state index in [-0.39, 0.29) is 88.7 Å². The van der Waals surface area contributed by atoms with Gasteiger partial charge in [0.05, 0.1) is 0 Å². The first-order valence-corrected chi connectivity index (χ1v) is 14.9. The van der Waals surface area contributed by atoms with E-state index in [2.05, 4.69) is 52.0 Å². The number of rotatable bonds is 14. The Balaban J connectivity index is -0.00000148. The smallest absolute Gasteiger partial charge is 0.822 e. The van der Waals surface area contributed by atoms with Crippen molar-refractivity contribution in [1.29, 1.82) is 0 Å². The fraction of sp³-hybridized carbons (Fsp3) is 0.586. The van der Waals surface area contributed by atoms with Crippen molar-refractivity contribution in [3.05, 3.63) is 57.6 Å². The van der Waals surface area contributed by atoms with E-state index in [4.69, 9.17) is 19.2 Å². The van der Waals surface area contributed by atoms with Crippen molar-refractivity contribution in [2.75, 3.05) is 0 Å². The molecule has 0 aliphatic heterocycles. The van der Waals surface area contributed by atoms with Crippen LogP contribution < -0.4 is 103 Å². The van der Waals surface area contributed by atoms with Crippen molar-refractivity contribution in [3.63, 3.8) is 0 Å². The number of hydrogen-bond acceptors (Lipinski definition) is 6. The van der Waals surface area contributed by atoms with E-state index in [1.807, 2.05) is 0 Å². The summed E-state index contributed by atoms with van der Waals surface area (Å²) >= 11 is 0. The summed E-state index contributed by atoms with van der Waals surface area (Å²) in [5.41, 5.74) is 6.69. The Hall–Kier alpha value is 1.15. The zero-order chi connectivity index (χ0) is 27.1. The summed E-state index contributed by atoms with van der Waals surface area (Å²) in [5, 5.41) is 22.1. The van der Waals surface area contributed by atoms with Gasteiger partial charge < -0.3 is 29.5 Å². The first-order chi connectivity index (χ1) is 17.0. The van der Waals surface area contributed by atoms with E-state index in [1.165, 1.54) is 24.0 Å². The quantitative estimate of drug-likeness (QED) is 0.173. The second-order valence-electron chi connectivity index (χ2n) is 9.56. The molecule has 2 rings (SSSR count). The molecule has 2 aromatic rings. The molecule has 0 fully saturated rings. The van der Waals surface area contributed by atoms with Gasteiger partial charge in [0.2, 0.25) is 0 Å². The summed E-state index contributed by atoms with van der Waals surface area (Å²) in [7, 11) is -5.39. The van der Waals surface area contributed by atoms with E-state index in [1.54, 1.807) is 0 Å². The van der Waals surface area contributed by atoms with Gasteiger partial charge in [-0.15, -0.1) is 0 Å². The van der Waals surface area contributed by atoms with Crippen LogP contribution in [0.3, 0.4) is 0 Å². The van der Waals surface area contributed by atoms with Crippen LogP contribution in [-0.2, 0) is 36.7 Å². The van der Waals surface area contributed by atoms with Crippen molar-refractivity contribution in [2.24, 2.45) is 0 Å². The molecule has 2 N–H and O–H groups in total. The average Bonchev–Trinajstić information content (AvgIpc) is 2.81. The largest absolute Gasteiger partial charge is 1.00 e. The van der Waals surface area contributed by atoms with Crippen LogP contribution in [0.15, 0.2) is 24.3 Å². The van der Waals surface area contributed by atoms with Crippen LogP contribution in [0.5, 0.6) is 11.5 Å².